The van der Waals surface area contributed by atoms with E-state index in [9.17, 15) is 22.8 Å². The van der Waals surface area contributed by atoms with Crippen LogP contribution in [-0.4, -0.2) is 34.5 Å². The van der Waals surface area contributed by atoms with Crippen LogP contribution in [0, 0.1) is 6.92 Å². The summed E-state index contributed by atoms with van der Waals surface area (Å²) in [7, 11) is 1.53. The van der Waals surface area contributed by atoms with E-state index in [2.05, 4.69) is 10.2 Å². The van der Waals surface area contributed by atoms with Gasteiger partial charge in [-0.15, -0.1) is 0 Å². The number of aromatic nitrogens is 2. The summed E-state index contributed by atoms with van der Waals surface area (Å²) < 4.78 is 45.8. The molecule has 172 valence electrons. The molecule has 0 radical (unpaired) electrons. The summed E-state index contributed by atoms with van der Waals surface area (Å²) >= 11 is 6.03. The van der Waals surface area contributed by atoms with E-state index in [4.69, 9.17) is 16.3 Å². The Balaban J connectivity index is 1.86. The molecule has 0 saturated heterocycles. The second kappa shape index (κ2) is 9.86. The summed E-state index contributed by atoms with van der Waals surface area (Å²) in [5.74, 6) is -1.76. The standard InChI is InChI=1S/C22H18ClF3N4O3/c1-14-19(20(23)29(2)28-14)21(32)33-13-18(31)30(27-12-15-7-4-3-5-8-15)17-10-6-9-16(11-17)22(24,25)26/h3-12H,13H2,1-2H3/b27-12+. The minimum absolute atomic E-state index is 0.00891. The molecule has 0 N–H and O–H groups in total. The van der Waals surface area contributed by atoms with Crippen LogP contribution in [0.25, 0.3) is 0 Å². The van der Waals surface area contributed by atoms with Crippen molar-refractivity contribution < 1.29 is 27.5 Å². The summed E-state index contributed by atoms with van der Waals surface area (Å²) in [4.78, 5) is 25.2. The summed E-state index contributed by atoms with van der Waals surface area (Å²) in [6, 6.07) is 12.7. The highest BCUT2D eigenvalue weighted by Gasteiger charge is 2.31. The lowest BCUT2D eigenvalue weighted by molar-refractivity contribution is -0.137. The number of alkyl halides is 3. The van der Waals surface area contributed by atoms with Gasteiger partial charge in [0.05, 0.1) is 23.2 Å². The van der Waals surface area contributed by atoms with Gasteiger partial charge in [-0.25, -0.2) is 4.79 Å². The van der Waals surface area contributed by atoms with Crippen molar-refractivity contribution in [3.63, 3.8) is 0 Å². The number of amides is 1. The molecule has 7 nitrogen and oxygen atoms in total. The molecule has 11 heteroatoms. The maximum Gasteiger partial charge on any atom is 0.416 e. The molecule has 0 atom stereocenters. The molecule has 2 aromatic carbocycles. The van der Waals surface area contributed by atoms with Crippen molar-refractivity contribution >= 4 is 35.4 Å². The van der Waals surface area contributed by atoms with Crippen molar-refractivity contribution in [2.45, 2.75) is 13.1 Å². The number of ether oxygens (including phenoxy) is 1. The molecule has 0 spiro atoms. The number of carbonyl (C=O) groups excluding carboxylic acids is 2. The predicted octanol–water partition coefficient (Wildman–Crippen LogP) is 4.62. The zero-order valence-electron chi connectivity index (χ0n) is 17.5. The molecule has 1 aromatic heterocycles. The summed E-state index contributed by atoms with van der Waals surface area (Å²) in [6.45, 7) is 0.759. The van der Waals surface area contributed by atoms with E-state index in [1.54, 1.807) is 37.3 Å². The van der Waals surface area contributed by atoms with Crippen molar-refractivity contribution in [1.29, 1.82) is 0 Å². The first-order chi connectivity index (χ1) is 15.6. The van der Waals surface area contributed by atoms with Gasteiger partial charge in [0, 0.05) is 7.05 Å². The van der Waals surface area contributed by atoms with Gasteiger partial charge in [0.2, 0.25) is 0 Å². The third-order valence-electron chi connectivity index (χ3n) is 4.46. The van der Waals surface area contributed by atoms with Crippen LogP contribution in [0.1, 0.15) is 27.2 Å². The topological polar surface area (TPSA) is 76.8 Å². The third kappa shape index (κ3) is 5.78. The lowest BCUT2D eigenvalue weighted by Gasteiger charge is -2.18. The van der Waals surface area contributed by atoms with E-state index < -0.39 is 30.2 Å². The summed E-state index contributed by atoms with van der Waals surface area (Å²) in [5, 5.41) is 8.80. The number of halogens is 4. The highest BCUT2D eigenvalue weighted by atomic mass is 35.5. The molecule has 3 rings (SSSR count). The number of esters is 1. The van der Waals surface area contributed by atoms with E-state index in [-0.39, 0.29) is 16.4 Å². The Morgan fingerprint density at radius 1 is 1.18 bits per heavy atom. The molecule has 1 amide bonds. The van der Waals surface area contributed by atoms with E-state index in [1.807, 2.05) is 0 Å². The zero-order valence-corrected chi connectivity index (χ0v) is 18.3. The fraction of sp³-hybridized carbons (Fsp3) is 0.182. The molecule has 0 fully saturated rings. The lowest BCUT2D eigenvalue weighted by Crippen LogP contribution is -2.31. The molecule has 0 aliphatic carbocycles. The molecule has 3 aromatic rings. The number of anilines is 1. The number of carbonyl (C=O) groups is 2. The first kappa shape index (κ1) is 24.0. The monoisotopic (exact) mass is 478 g/mol. The number of aryl methyl sites for hydroxylation is 2. The van der Waals surface area contributed by atoms with E-state index >= 15 is 0 Å². The Morgan fingerprint density at radius 3 is 2.48 bits per heavy atom. The number of hydrazone groups is 1. The van der Waals surface area contributed by atoms with Gasteiger partial charge >= 0.3 is 12.1 Å². The second-order valence-electron chi connectivity index (χ2n) is 6.86. The fourth-order valence-electron chi connectivity index (χ4n) is 2.88. The Kier molecular flexibility index (Phi) is 7.17. The van der Waals surface area contributed by atoms with Crippen LogP contribution in [0.4, 0.5) is 18.9 Å². The first-order valence-corrected chi connectivity index (χ1v) is 9.91. The zero-order chi connectivity index (χ0) is 24.2. The molecule has 33 heavy (non-hydrogen) atoms. The Morgan fingerprint density at radius 2 is 1.88 bits per heavy atom. The number of rotatable bonds is 6. The van der Waals surface area contributed by atoms with Crippen LogP contribution in [0.15, 0.2) is 59.7 Å². The third-order valence-corrected chi connectivity index (χ3v) is 4.89. The van der Waals surface area contributed by atoms with Gasteiger partial charge in [0.1, 0.15) is 10.7 Å². The van der Waals surface area contributed by atoms with E-state index in [1.165, 1.54) is 24.0 Å². The molecule has 0 aliphatic heterocycles. The van der Waals surface area contributed by atoms with E-state index in [0.29, 0.717) is 11.3 Å². The molecule has 1 heterocycles. The molecular formula is C22H18ClF3N4O3. The van der Waals surface area contributed by atoms with E-state index in [0.717, 1.165) is 23.2 Å². The maximum absolute atomic E-state index is 13.2. The van der Waals surface area contributed by atoms with Gasteiger partial charge < -0.3 is 4.74 Å². The van der Waals surface area contributed by atoms with Crippen molar-refractivity contribution in [3.8, 4) is 0 Å². The number of hydrogen-bond acceptors (Lipinski definition) is 5. The molecule has 0 aliphatic rings. The largest absolute Gasteiger partial charge is 0.452 e. The normalized spacial score (nSPS) is 11.6. The predicted molar refractivity (Wildman–Crippen MR) is 116 cm³/mol. The SMILES string of the molecule is Cc1nn(C)c(Cl)c1C(=O)OCC(=O)N(/N=C/c1ccccc1)c1cccc(C(F)(F)F)c1. The Hall–Kier alpha value is -3.66. The van der Waals surface area contributed by atoms with Gasteiger partial charge in [0.25, 0.3) is 5.91 Å². The first-order valence-electron chi connectivity index (χ1n) is 9.53. The van der Waals surface area contributed by atoms with Crippen molar-refractivity contribution in [2.75, 3.05) is 11.6 Å². The minimum Gasteiger partial charge on any atom is -0.452 e. The lowest BCUT2D eigenvalue weighted by atomic mass is 10.2. The molecule has 0 bridgehead atoms. The molecule has 0 saturated carbocycles. The van der Waals surface area contributed by atoms with Crippen molar-refractivity contribution in [2.24, 2.45) is 12.1 Å². The highest BCUT2D eigenvalue weighted by molar-refractivity contribution is 6.32. The van der Waals surface area contributed by atoms with Gasteiger partial charge in [-0.1, -0.05) is 48.0 Å². The number of benzene rings is 2. The maximum atomic E-state index is 13.2. The smallest absolute Gasteiger partial charge is 0.416 e. The fourth-order valence-corrected chi connectivity index (χ4v) is 3.13. The minimum atomic E-state index is -4.62. The van der Waals surface area contributed by atoms with Gasteiger partial charge in [0.15, 0.2) is 6.61 Å². The van der Waals surface area contributed by atoms with Crippen molar-refractivity contribution in [3.05, 3.63) is 82.1 Å². The molecular weight excluding hydrogens is 461 g/mol. The quantitative estimate of drug-likeness (QED) is 0.294. The van der Waals surface area contributed by atoms with Crippen LogP contribution in [0.5, 0.6) is 0 Å². The Labute approximate surface area is 192 Å². The van der Waals surface area contributed by atoms with Gasteiger partial charge in [-0.05, 0) is 30.7 Å². The van der Waals surface area contributed by atoms with Gasteiger partial charge in [-0.3, -0.25) is 9.48 Å². The second-order valence-corrected chi connectivity index (χ2v) is 7.22. The van der Waals surface area contributed by atoms with Crippen LogP contribution >= 0.6 is 11.6 Å². The average Bonchev–Trinajstić information content (AvgIpc) is 3.03. The summed E-state index contributed by atoms with van der Waals surface area (Å²) in [5.41, 5.74) is -0.199. The van der Waals surface area contributed by atoms with Crippen LogP contribution in [0.2, 0.25) is 5.15 Å². The van der Waals surface area contributed by atoms with Crippen molar-refractivity contribution in [1.82, 2.24) is 9.78 Å². The Bertz CT molecular complexity index is 1190. The molecule has 0 unspecified atom stereocenters. The number of hydrogen-bond donors (Lipinski definition) is 0. The van der Waals surface area contributed by atoms with Crippen LogP contribution in [0.3, 0.4) is 0 Å². The van der Waals surface area contributed by atoms with Crippen LogP contribution < -0.4 is 5.01 Å². The number of nitrogens with zero attached hydrogens (tertiary/aromatic N) is 4. The van der Waals surface area contributed by atoms with Crippen LogP contribution in [-0.2, 0) is 22.8 Å². The van der Waals surface area contributed by atoms with Gasteiger partial charge in [-0.2, -0.15) is 28.4 Å². The highest BCUT2D eigenvalue weighted by Crippen LogP contribution is 2.32. The average molecular weight is 479 g/mol. The summed E-state index contributed by atoms with van der Waals surface area (Å²) in [6.07, 6.45) is -3.31.